The van der Waals surface area contributed by atoms with E-state index in [1.165, 1.54) is 6.20 Å². The van der Waals surface area contributed by atoms with Gasteiger partial charge in [-0.1, -0.05) is 0 Å². The number of alkyl halides is 3. The van der Waals surface area contributed by atoms with Crippen LogP contribution in [0.1, 0.15) is 11.5 Å². The minimum absolute atomic E-state index is 0.153. The van der Waals surface area contributed by atoms with Crippen molar-refractivity contribution < 1.29 is 18.3 Å². The summed E-state index contributed by atoms with van der Waals surface area (Å²) in [5, 5.41) is 9.41. The van der Waals surface area contributed by atoms with Crippen molar-refractivity contribution in [1.29, 1.82) is 0 Å². The number of rotatable bonds is 3. The van der Waals surface area contributed by atoms with E-state index in [1.807, 2.05) is 0 Å². The largest absolute Gasteiger partial charge is 0.452 e. The Hall–Kier alpha value is -1.13. The fraction of sp³-hybridized carbons (Fsp3) is 0.375. The molecule has 0 unspecified atom stereocenters. The molecule has 5 nitrogen and oxygen atoms in total. The third kappa shape index (κ3) is 2.65. The highest BCUT2D eigenvalue weighted by molar-refractivity contribution is 8.00. The van der Waals surface area contributed by atoms with Gasteiger partial charge >= 0.3 is 6.18 Å². The molecule has 0 amide bonds. The van der Waals surface area contributed by atoms with Gasteiger partial charge in [-0.2, -0.15) is 17.5 Å². The first-order chi connectivity index (χ1) is 8.41. The van der Waals surface area contributed by atoms with Crippen LogP contribution < -0.4 is 0 Å². The molecule has 2 aromatic rings. The lowest BCUT2D eigenvalue weighted by atomic mass is 10.5. The molecule has 0 aliphatic rings. The van der Waals surface area contributed by atoms with E-state index >= 15 is 0 Å². The zero-order valence-corrected chi connectivity index (χ0v) is 10.6. The minimum atomic E-state index is -4.53. The molecule has 1 N–H and O–H groups in total. The van der Waals surface area contributed by atoms with E-state index in [4.69, 9.17) is 5.11 Å². The number of halogens is 3. The molecule has 2 heterocycles. The highest BCUT2D eigenvalue weighted by Gasteiger charge is 2.36. The zero-order chi connectivity index (χ0) is 13.3. The van der Waals surface area contributed by atoms with E-state index in [0.29, 0.717) is 22.4 Å². The van der Waals surface area contributed by atoms with Gasteiger partial charge in [-0.3, -0.25) is 0 Å². The van der Waals surface area contributed by atoms with Gasteiger partial charge in [0, 0.05) is 7.05 Å². The van der Waals surface area contributed by atoms with Gasteiger partial charge in [0.2, 0.25) is 5.82 Å². The van der Waals surface area contributed by atoms with E-state index in [-0.39, 0.29) is 10.9 Å². The molecule has 18 heavy (non-hydrogen) atoms. The van der Waals surface area contributed by atoms with Gasteiger partial charge in [0.25, 0.3) is 0 Å². The second-order valence-electron chi connectivity index (χ2n) is 3.23. The Morgan fingerprint density at radius 2 is 2.22 bits per heavy atom. The zero-order valence-electron chi connectivity index (χ0n) is 8.97. The van der Waals surface area contributed by atoms with Crippen molar-refractivity contribution in [3.63, 3.8) is 0 Å². The summed E-state index contributed by atoms with van der Waals surface area (Å²) in [5.74, 6) is -1.15. The van der Waals surface area contributed by atoms with Crippen molar-refractivity contribution in [2.45, 2.75) is 22.3 Å². The number of imidazole rings is 1. The van der Waals surface area contributed by atoms with Crippen molar-refractivity contribution in [3.05, 3.63) is 17.7 Å². The Kier molecular flexibility index (Phi) is 3.59. The SMILES string of the molecule is Cn1c(CO)cnc1Sc1nc(C(F)(F)F)ns1. The summed E-state index contributed by atoms with van der Waals surface area (Å²) in [4.78, 5) is 7.36. The van der Waals surface area contributed by atoms with Crippen LogP contribution in [0, 0.1) is 0 Å². The summed E-state index contributed by atoms with van der Waals surface area (Å²) in [6, 6.07) is 0. The smallest absolute Gasteiger partial charge is 0.390 e. The van der Waals surface area contributed by atoms with E-state index in [9.17, 15) is 13.2 Å². The standard InChI is InChI=1S/C8H7F3N4OS2/c1-15-4(3-16)2-12-6(15)17-7-13-5(14-18-7)8(9,10)11/h2,16H,3H2,1H3. The molecular weight excluding hydrogens is 289 g/mol. The first-order valence-electron chi connectivity index (χ1n) is 4.62. The fourth-order valence-electron chi connectivity index (χ4n) is 1.11. The monoisotopic (exact) mass is 296 g/mol. The van der Waals surface area contributed by atoms with Gasteiger partial charge in [-0.25, -0.2) is 9.97 Å². The Balaban J connectivity index is 2.19. The number of hydrogen-bond donors (Lipinski definition) is 1. The van der Waals surface area contributed by atoms with Crippen molar-refractivity contribution in [2.24, 2.45) is 7.05 Å². The number of nitrogens with zero attached hydrogens (tertiary/aromatic N) is 4. The Morgan fingerprint density at radius 1 is 1.50 bits per heavy atom. The Bertz CT molecular complexity index is 551. The van der Waals surface area contributed by atoms with E-state index < -0.39 is 12.0 Å². The topological polar surface area (TPSA) is 63.8 Å². The molecule has 0 bridgehead atoms. The molecule has 0 saturated carbocycles. The summed E-state index contributed by atoms with van der Waals surface area (Å²) in [7, 11) is 1.66. The molecule has 0 aliphatic heterocycles. The van der Waals surface area contributed by atoms with Crippen LogP contribution in [-0.2, 0) is 19.8 Å². The maximum absolute atomic E-state index is 12.3. The molecule has 0 radical (unpaired) electrons. The van der Waals surface area contributed by atoms with Crippen molar-refractivity contribution in [3.8, 4) is 0 Å². The van der Waals surface area contributed by atoms with Crippen LogP contribution in [-0.4, -0.2) is 24.0 Å². The molecule has 0 aliphatic carbocycles. The van der Waals surface area contributed by atoms with Crippen LogP contribution in [0.5, 0.6) is 0 Å². The molecule has 0 saturated heterocycles. The molecule has 0 aromatic carbocycles. The molecule has 98 valence electrons. The molecule has 10 heteroatoms. The van der Waals surface area contributed by atoms with Gasteiger partial charge < -0.3 is 9.67 Å². The van der Waals surface area contributed by atoms with Gasteiger partial charge in [-0.15, -0.1) is 0 Å². The number of aliphatic hydroxyl groups excluding tert-OH is 1. The van der Waals surface area contributed by atoms with Gasteiger partial charge in [0.05, 0.1) is 18.5 Å². The summed E-state index contributed by atoms with van der Waals surface area (Å²) in [6.45, 7) is -0.187. The summed E-state index contributed by atoms with van der Waals surface area (Å²) in [6.07, 6.45) is -3.08. The second kappa shape index (κ2) is 4.86. The maximum atomic E-state index is 12.3. The van der Waals surface area contributed by atoms with Crippen molar-refractivity contribution in [1.82, 2.24) is 18.9 Å². The first kappa shape index (κ1) is 13.3. The Labute approximate surface area is 108 Å². The molecule has 0 fully saturated rings. The van der Waals surface area contributed by atoms with Crippen LogP contribution >= 0.6 is 23.3 Å². The lowest BCUT2D eigenvalue weighted by molar-refractivity contribution is -0.144. The first-order valence-corrected chi connectivity index (χ1v) is 6.21. The molecule has 2 aromatic heterocycles. The predicted octanol–water partition coefficient (Wildman–Crippen LogP) is 1.93. The summed E-state index contributed by atoms with van der Waals surface area (Å²) < 4.78 is 41.9. The average Bonchev–Trinajstić information content (AvgIpc) is 2.87. The number of hydrogen-bond acceptors (Lipinski definition) is 6. The molecular formula is C8H7F3N4OS2. The lowest BCUT2D eigenvalue weighted by Crippen LogP contribution is -2.06. The molecule has 2 rings (SSSR count). The van der Waals surface area contributed by atoms with Crippen LogP contribution in [0.3, 0.4) is 0 Å². The maximum Gasteiger partial charge on any atom is 0.452 e. The fourth-order valence-corrected chi connectivity index (χ4v) is 2.68. The van der Waals surface area contributed by atoms with Crippen molar-refractivity contribution >= 4 is 23.3 Å². The molecule has 0 atom stereocenters. The summed E-state index contributed by atoms with van der Waals surface area (Å²) in [5.41, 5.74) is 0.568. The molecule has 0 spiro atoms. The van der Waals surface area contributed by atoms with Crippen LogP contribution in [0.2, 0.25) is 0 Å². The minimum Gasteiger partial charge on any atom is -0.390 e. The number of aromatic nitrogens is 4. The quantitative estimate of drug-likeness (QED) is 0.937. The predicted molar refractivity (Wildman–Crippen MR) is 58.2 cm³/mol. The number of aliphatic hydroxyl groups is 1. The van der Waals surface area contributed by atoms with Crippen LogP contribution in [0.4, 0.5) is 13.2 Å². The van der Waals surface area contributed by atoms with Crippen LogP contribution in [0.25, 0.3) is 0 Å². The van der Waals surface area contributed by atoms with Crippen LogP contribution in [0.15, 0.2) is 15.7 Å². The van der Waals surface area contributed by atoms with E-state index in [1.54, 1.807) is 11.6 Å². The van der Waals surface area contributed by atoms with E-state index in [2.05, 4.69) is 14.3 Å². The second-order valence-corrected chi connectivity index (χ2v) is 5.20. The van der Waals surface area contributed by atoms with Crippen molar-refractivity contribution in [2.75, 3.05) is 0 Å². The highest BCUT2D eigenvalue weighted by atomic mass is 32.2. The normalized spacial score (nSPS) is 12.1. The third-order valence-corrected chi connectivity index (χ3v) is 3.86. The van der Waals surface area contributed by atoms with Gasteiger partial charge in [0.15, 0.2) is 9.50 Å². The lowest BCUT2D eigenvalue weighted by Gasteiger charge is -2.01. The van der Waals surface area contributed by atoms with E-state index in [0.717, 1.165) is 11.8 Å². The highest BCUT2D eigenvalue weighted by Crippen LogP contribution is 2.33. The Morgan fingerprint density at radius 3 is 2.72 bits per heavy atom. The van der Waals surface area contributed by atoms with Gasteiger partial charge in [-0.05, 0) is 23.3 Å². The van der Waals surface area contributed by atoms with Gasteiger partial charge in [0.1, 0.15) is 0 Å². The third-order valence-electron chi connectivity index (χ3n) is 2.04. The average molecular weight is 296 g/mol. The summed E-state index contributed by atoms with van der Waals surface area (Å²) >= 11 is 1.64.